The number of halogens is 5. The molecular formula is C12H13F5N2O2. The van der Waals surface area contributed by atoms with Crippen LogP contribution in [0.2, 0.25) is 0 Å². The third-order valence-electron chi connectivity index (χ3n) is 2.55. The quantitative estimate of drug-likeness (QED) is 0.821. The molecule has 0 aliphatic heterocycles. The van der Waals surface area contributed by atoms with E-state index in [0.717, 1.165) is 6.07 Å². The highest BCUT2D eigenvalue weighted by molar-refractivity contribution is 5.90. The monoisotopic (exact) mass is 312 g/mol. The van der Waals surface area contributed by atoms with E-state index in [1.165, 1.54) is 20.1 Å². The van der Waals surface area contributed by atoms with Crippen molar-refractivity contribution in [3.05, 3.63) is 23.5 Å². The Morgan fingerprint density at radius 3 is 2.52 bits per heavy atom. The van der Waals surface area contributed by atoms with Crippen LogP contribution in [0.5, 0.6) is 5.75 Å². The molecule has 0 aliphatic carbocycles. The second kappa shape index (κ2) is 6.59. The molecule has 0 atom stereocenters. The van der Waals surface area contributed by atoms with E-state index in [1.54, 1.807) is 5.32 Å². The fraction of sp³-hybridized carbons (Fsp3) is 0.417. The van der Waals surface area contributed by atoms with Gasteiger partial charge in [0.25, 0.3) is 0 Å². The second-order valence-electron chi connectivity index (χ2n) is 4.17. The standard InChI is InChI=1S/C12H13F5N2O2/c1-6-3-9(21-2)7(13)4-8(6)19-11(20)18-5-12(16,17)10(14)15/h3-4,10H,5H2,1-2H3,(H2,18,19,20). The van der Waals surface area contributed by atoms with Gasteiger partial charge in [0, 0.05) is 11.8 Å². The van der Waals surface area contributed by atoms with Crippen molar-refractivity contribution in [1.29, 1.82) is 0 Å². The number of nitrogens with one attached hydrogen (secondary N) is 2. The highest BCUT2D eigenvalue weighted by atomic mass is 19.3. The van der Waals surface area contributed by atoms with Crippen molar-refractivity contribution < 1.29 is 31.5 Å². The van der Waals surface area contributed by atoms with Gasteiger partial charge < -0.3 is 15.4 Å². The summed E-state index contributed by atoms with van der Waals surface area (Å²) in [7, 11) is 1.25. The number of aryl methyl sites for hydroxylation is 1. The van der Waals surface area contributed by atoms with Gasteiger partial charge in [-0.15, -0.1) is 0 Å². The molecule has 1 aromatic carbocycles. The van der Waals surface area contributed by atoms with E-state index in [1.807, 2.05) is 0 Å². The first-order valence-corrected chi connectivity index (χ1v) is 5.72. The zero-order valence-corrected chi connectivity index (χ0v) is 11.1. The average Bonchev–Trinajstić information content (AvgIpc) is 2.40. The SMILES string of the molecule is COc1cc(C)c(NC(=O)NCC(F)(F)C(F)F)cc1F. The highest BCUT2D eigenvalue weighted by Crippen LogP contribution is 2.25. The first kappa shape index (κ1) is 17.0. The molecule has 9 heteroatoms. The van der Waals surface area contributed by atoms with Gasteiger partial charge in [-0.2, -0.15) is 8.78 Å². The van der Waals surface area contributed by atoms with Gasteiger partial charge in [0.1, 0.15) is 0 Å². The van der Waals surface area contributed by atoms with Gasteiger partial charge in [-0.1, -0.05) is 0 Å². The summed E-state index contributed by atoms with van der Waals surface area (Å²) in [6, 6.07) is 1.07. The summed E-state index contributed by atoms with van der Waals surface area (Å²) < 4.78 is 67.2. The zero-order chi connectivity index (χ0) is 16.2. The molecule has 0 saturated heterocycles. The number of carbonyl (C=O) groups excluding carboxylic acids is 1. The van der Waals surface area contributed by atoms with Gasteiger partial charge in [-0.3, -0.25) is 0 Å². The smallest absolute Gasteiger partial charge is 0.324 e. The van der Waals surface area contributed by atoms with Gasteiger partial charge in [0.2, 0.25) is 0 Å². The van der Waals surface area contributed by atoms with Gasteiger partial charge in [-0.25, -0.2) is 18.0 Å². The number of carbonyl (C=O) groups is 1. The number of amides is 2. The molecular weight excluding hydrogens is 299 g/mol. The van der Waals surface area contributed by atoms with Gasteiger partial charge in [0.05, 0.1) is 13.7 Å². The number of benzene rings is 1. The molecule has 0 saturated carbocycles. The van der Waals surface area contributed by atoms with Crippen LogP contribution in [0.15, 0.2) is 12.1 Å². The summed E-state index contributed by atoms with van der Waals surface area (Å²) in [5.74, 6) is -5.16. The van der Waals surface area contributed by atoms with Crippen molar-refractivity contribution >= 4 is 11.7 Å². The number of urea groups is 1. The Hall–Kier alpha value is -2.06. The second-order valence-corrected chi connectivity index (χ2v) is 4.17. The lowest BCUT2D eigenvalue weighted by Crippen LogP contribution is -2.43. The topological polar surface area (TPSA) is 50.4 Å². The number of rotatable bonds is 5. The molecule has 0 bridgehead atoms. The Balaban J connectivity index is 2.70. The largest absolute Gasteiger partial charge is 0.494 e. The summed E-state index contributed by atoms with van der Waals surface area (Å²) in [6.45, 7) is -0.0144. The van der Waals surface area contributed by atoms with Crippen molar-refractivity contribution in [1.82, 2.24) is 5.32 Å². The van der Waals surface area contributed by atoms with Crippen molar-refractivity contribution in [2.75, 3.05) is 19.0 Å². The molecule has 0 heterocycles. The van der Waals surface area contributed by atoms with Crippen LogP contribution in [0.25, 0.3) is 0 Å². The van der Waals surface area contributed by atoms with Crippen LogP contribution in [0.1, 0.15) is 5.56 Å². The minimum atomic E-state index is -4.34. The normalized spacial score (nSPS) is 11.4. The average molecular weight is 312 g/mol. The third kappa shape index (κ3) is 4.47. The molecule has 2 amide bonds. The van der Waals surface area contributed by atoms with Gasteiger partial charge in [-0.05, 0) is 18.6 Å². The molecule has 4 nitrogen and oxygen atoms in total. The lowest BCUT2D eigenvalue weighted by molar-refractivity contribution is -0.123. The number of hydrogen-bond donors (Lipinski definition) is 2. The predicted octanol–water partition coefficient (Wildman–Crippen LogP) is 3.16. The van der Waals surface area contributed by atoms with E-state index < -0.39 is 30.7 Å². The van der Waals surface area contributed by atoms with Crippen LogP contribution in [0.4, 0.5) is 32.4 Å². The van der Waals surface area contributed by atoms with Crippen LogP contribution >= 0.6 is 0 Å². The number of ether oxygens (including phenoxy) is 1. The first-order chi connectivity index (χ1) is 9.67. The Kier molecular flexibility index (Phi) is 5.34. The molecule has 0 aromatic heterocycles. The lowest BCUT2D eigenvalue weighted by atomic mass is 10.2. The Bertz CT molecular complexity index is 523. The third-order valence-corrected chi connectivity index (χ3v) is 2.55. The number of alkyl halides is 4. The fourth-order valence-corrected chi connectivity index (χ4v) is 1.39. The zero-order valence-electron chi connectivity index (χ0n) is 11.1. The van der Waals surface area contributed by atoms with Crippen molar-refractivity contribution in [2.24, 2.45) is 0 Å². The van der Waals surface area contributed by atoms with E-state index in [-0.39, 0.29) is 11.4 Å². The van der Waals surface area contributed by atoms with E-state index >= 15 is 0 Å². The molecule has 1 rings (SSSR count). The first-order valence-electron chi connectivity index (χ1n) is 5.72. The number of hydrogen-bond acceptors (Lipinski definition) is 2. The lowest BCUT2D eigenvalue weighted by Gasteiger charge is -2.16. The van der Waals surface area contributed by atoms with E-state index in [0.29, 0.717) is 5.56 Å². The van der Waals surface area contributed by atoms with E-state index in [4.69, 9.17) is 4.74 Å². The molecule has 118 valence electrons. The van der Waals surface area contributed by atoms with E-state index in [9.17, 15) is 26.7 Å². The molecule has 2 N–H and O–H groups in total. The highest BCUT2D eigenvalue weighted by Gasteiger charge is 2.40. The summed E-state index contributed by atoms with van der Waals surface area (Å²) in [5, 5.41) is 3.68. The maximum absolute atomic E-state index is 13.4. The predicted molar refractivity (Wildman–Crippen MR) is 65.7 cm³/mol. The van der Waals surface area contributed by atoms with Crippen LogP contribution < -0.4 is 15.4 Å². The number of methoxy groups -OCH3 is 1. The summed E-state index contributed by atoms with van der Waals surface area (Å²) in [6.07, 6.45) is -3.89. The minimum Gasteiger partial charge on any atom is -0.494 e. The Morgan fingerprint density at radius 1 is 1.38 bits per heavy atom. The van der Waals surface area contributed by atoms with Gasteiger partial charge in [0.15, 0.2) is 11.6 Å². The molecule has 21 heavy (non-hydrogen) atoms. The number of anilines is 1. The van der Waals surface area contributed by atoms with Gasteiger partial charge >= 0.3 is 18.4 Å². The molecule has 0 fully saturated rings. The van der Waals surface area contributed by atoms with Crippen molar-refractivity contribution in [3.63, 3.8) is 0 Å². The minimum absolute atomic E-state index is 0.00571. The summed E-state index contributed by atoms with van der Waals surface area (Å²) in [5.41, 5.74) is 0.412. The van der Waals surface area contributed by atoms with E-state index in [2.05, 4.69) is 5.32 Å². The van der Waals surface area contributed by atoms with Crippen LogP contribution in [-0.2, 0) is 0 Å². The van der Waals surface area contributed by atoms with Crippen molar-refractivity contribution in [3.8, 4) is 5.75 Å². The summed E-state index contributed by atoms with van der Waals surface area (Å²) in [4.78, 5) is 11.3. The Morgan fingerprint density at radius 2 is 2.00 bits per heavy atom. The Labute approximate surface area is 117 Å². The van der Waals surface area contributed by atoms with Crippen LogP contribution in [0, 0.1) is 12.7 Å². The molecule has 0 radical (unpaired) electrons. The maximum Gasteiger partial charge on any atom is 0.324 e. The molecule has 0 unspecified atom stereocenters. The van der Waals surface area contributed by atoms with Crippen LogP contribution in [0.3, 0.4) is 0 Å². The molecule has 0 spiro atoms. The fourth-order valence-electron chi connectivity index (χ4n) is 1.39. The maximum atomic E-state index is 13.4. The molecule has 1 aromatic rings. The van der Waals surface area contributed by atoms with Crippen molar-refractivity contribution in [2.45, 2.75) is 19.3 Å². The van der Waals surface area contributed by atoms with Crippen LogP contribution in [-0.4, -0.2) is 32.0 Å². The summed E-state index contributed by atoms with van der Waals surface area (Å²) >= 11 is 0. The molecule has 0 aliphatic rings.